The van der Waals surface area contributed by atoms with E-state index in [1.165, 1.54) is 14.0 Å². The molecule has 1 atom stereocenters. The SMILES string of the molecule is COC(=O)[C@@](C)(C(=O)OC(C)(C)C)N(C)c1ccc2ccccc2c1. The topological polar surface area (TPSA) is 55.8 Å². The quantitative estimate of drug-likeness (QED) is 0.628. The van der Waals surface area contributed by atoms with Crippen LogP contribution < -0.4 is 4.90 Å². The highest BCUT2D eigenvalue weighted by atomic mass is 16.6. The smallest absolute Gasteiger partial charge is 0.344 e. The summed E-state index contributed by atoms with van der Waals surface area (Å²) in [6.45, 7) is 6.80. The Kier molecular flexibility index (Phi) is 5.07. The maximum absolute atomic E-state index is 12.8. The van der Waals surface area contributed by atoms with E-state index in [1.54, 1.807) is 32.7 Å². The Labute approximate surface area is 148 Å². The Hall–Kier alpha value is -2.56. The molecule has 0 aliphatic heterocycles. The summed E-state index contributed by atoms with van der Waals surface area (Å²) < 4.78 is 10.4. The van der Waals surface area contributed by atoms with Crippen LogP contribution in [0.15, 0.2) is 42.5 Å². The van der Waals surface area contributed by atoms with Crippen LogP contribution in [0.3, 0.4) is 0 Å². The van der Waals surface area contributed by atoms with Crippen molar-refractivity contribution < 1.29 is 19.1 Å². The number of carbonyl (C=O) groups is 2. The Balaban J connectivity index is 2.48. The molecular formula is C20H25NO4. The number of nitrogens with zero attached hydrogens (tertiary/aromatic N) is 1. The molecule has 0 aromatic heterocycles. The van der Waals surface area contributed by atoms with Gasteiger partial charge in [0.25, 0.3) is 0 Å². The van der Waals surface area contributed by atoms with Gasteiger partial charge >= 0.3 is 11.9 Å². The van der Waals surface area contributed by atoms with Crippen LogP contribution >= 0.6 is 0 Å². The van der Waals surface area contributed by atoms with Crippen LogP contribution in [0.5, 0.6) is 0 Å². The van der Waals surface area contributed by atoms with E-state index in [1.807, 2.05) is 42.5 Å². The molecule has 25 heavy (non-hydrogen) atoms. The van der Waals surface area contributed by atoms with E-state index in [4.69, 9.17) is 9.47 Å². The second-order valence-electron chi connectivity index (χ2n) is 7.16. The maximum Gasteiger partial charge on any atom is 0.344 e. The highest BCUT2D eigenvalue weighted by Gasteiger charge is 2.49. The molecule has 2 rings (SSSR count). The average Bonchev–Trinajstić information content (AvgIpc) is 2.57. The molecule has 0 heterocycles. The molecule has 0 bridgehead atoms. The fourth-order valence-corrected chi connectivity index (χ4v) is 2.58. The van der Waals surface area contributed by atoms with Gasteiger partial charge in [0, 0.05) is 12.7 Å². The first-order valence-electron chi connectivity index (χ1n) is 8.14. The van der Waals surface area contributed by atoms with E-state index in [0.717, 1.165) is 16.5 Å². The van der Waals surface area contributed by atoms with Crippen molar-refractivity contribution in [2.75, 3.05) is 19.1 Å². The van der Waals surface area contributed by atoms with Crippen LogP contribution in [0.4, 0.5) is 5.69 Å². The summed E-state index contributed by atoms with van der Waals surface area (Å²) in [5, 5.41) is 2.10. The second-order valence-corrected chi connectivity index (χ2v) is 7.16. The van der Waals surface area contributed by atoms with E-state index in [9.17, 15) is 9.59 Å². The fraction of sp³-hybridized carbons (Fsp3) is 0.400. The zero-order valence-corrected chi connectivity index (χ0v) is 15.6. The zero-order chi connectivity index (χ0) is 18.8. The van der Waals surface area contributed by atoms with Crippen LogP contribution in [-0.2, 0) is 19.1 Å². The number of carbonyl (C=O) groups excluding carboxylic acids is 2. The van der Waals surface area contributed by atoms with Gasteiger partial charge in [-0.15, -0.1) is 0 Å². The van der Waals surface area contributed by atoms with Gasteiger partial charge in [0.15, 0.2) is 0 Å². The predicted octanol–water partition coefficient (Wildman–Crippen LogP) is 3.55. The fourth-order valence-electron chi connectivity index (χ4n) is 2.58. The van der Waals surface area contributed by atoms with Crippen LogP contribution in [0, 0.1) is 0 Å². The van der Waals surface area contributed by atoms with Crippen LogP contribution in [0.1, 0.15) is 27.7 Å². The van der Waals surface area contributed by atoms with Gasteiger partial charge in [-0.25, -0.2) is 9.59 Å². The summed E-state index contributed by atoms with van der Waals surface area (Å²) in [5.41, 5.74) is -1.58. The Morgan fingerprint density at radius 2 is 1.52 bits per heavy atom. The minimum atomic E-state index is -1.59. The van der Waals surface area contributed by atoms with Crippen LogP contribution in [0.25, 0.3) is 10.8 Å². The average molecular weight is 343 g/mol. The van der Waals surface area contributed by atoms with Crippen molar-refractivity contribution in [2.24, 2.45) is 0 Å². The lowest BCUT2D eigenvalue weighted by molar-refractivity contribution is -0.169. The van der Waals surface area contributed by atoms with Gasteiger partial charge in [-0.2, -0.15) is 0 Å². The van der Waals surface area contributed by atoms with Crippen molar-refractivity contribution in [1.29, 1.82) is 0 Å². The van der Waals surface area contributed by atoms with Gasteiger partial charge in [0.1, 0.15) is 5.60 Å². The summed E-state index contributed by atoms with van der Waals surface area (Å²) in [7, 11) is 2.95. The molecule has 0 amide bonds. The number of anilines is 1. The minimum Gasteiger partial charge on any atom is -0.467 e. The number of esters is 2. The summed E-state index contributed by atoms with van der Waals surface area (Å²) in [6.07, 6.45) is 0. The molecule has 5 nitrogen and oxygen atoms in total. The molecule has 0 fully saturated rings. The standard InChI is InChI=1S/C20H25NO4/c1-19(2,3)25-18(23)20(4,17(22)24-6)21(5)16-12-11-14-9-7-8-10-15(14)13-16/h7-13H,1-6H3/t20-/m0/s1. The number of hydrogen-bond acceptors (Lipinski definition) is 5. The molecule has 2 aromatic carbocycles. The number of rotatable bonds is 4. The van der Waals surface area contributed by atoms with E-state index < -0.39 is 23.1 Å². The van der Waals surface area contributed by atoms with Gasteiger partial charge in [0.05, 0.1) is 7.11 Å². The maximum atomic E-state index is 12.8. The normalized spacial score (nSPS) is 13.8. The van der Waals surface area contributed by atoms with Crippen LogP contribution in [-0.4, -0.2) is 37.2 Å². The number of hydrogen-bond donors (Lipinski definition) is 0. The Morgan fingerprint density at radius 1 is 0.920 bits per heavy atom. The summed E-state index contributed by atoms with van der Waals surface area (Å²) in [5.74, 6) is -1.32. The molecule has 0 saturated carbocycles. The first kappa shape index (κ1) is 18.8. The first-order chi connectivity index (χ1) is 11.6. The third-order valence-corrected chi connectivity index (χ3v) is 4.17. The van der Waals surface area contributed by atoms with Gasteiger partial charge in [-0.1, -0.05) is 30.3 Å². The number of fused-ring (bicyclic) bond motifs is 1. The lowest BCUT2D eigenvalue weighted by atomic mass is 9.98. The third kappa shape index (κ3) is 3.76. The largest absolute Gasteiger partial charge is 0.467 e. The number of benzene rings is 2. The van der Waals surface area contributed by atoms with E-state index in [2.05, 4.69) is 0 Å². The molecule has 0 spiro atoms. The highest BCUT2D eigenvalue weighted by molar-refractivity contribution is 6.08. The number of likely N-dealkylation sites (N-methyl/N-ethyl adjacent to an activating group) is 1. The molecule has 0 aliphatic carbocycles. The van der Waals surface area contributed by atoms with Gasteiger partial charge in [-0.3, -0.25) is 0 Å². The number of ether oxygens (including phenoxy) is 2. The minimum absolute atomic E-state index is 0.650. The Morgan fingerprint density at radius 3 is 2.08 bits per heavy atom. The second kappa shape index (κ2) is 6.75. The van der Waals surface area contributed by atoms with Crippen molar-refractivity contribution >= 4 is 28.4 Å². The van der Waals surface area contributed by atoms with E-state index in [-0.39, 0.29) is 0 Å². The molecule has 2 aromatic rings. The summed E-state index contributed by atoms with van der Waals surface area (Å²) in [6, 6.07) is 13.6. The van der Waals surface area contributed by atoms with E-state index >= 15 is 0 Å². The van der Waals surface area contributed by atoms with Crippen molar-refractivity contribution in [2.45, 2.75) is 38.8 Å². The van der Waals surface area contributed by atoms with Gasteiger partial charge in [-0.05, 0) is 50.6 Å². The monoisotopic (exact) mass is 343 g/mol. The molecule has 134 valence electrons. The Bertz CT molecular complexity index is 794. The molecule has 0 aliphatic rings. The third-order valence-electron chi connectivity index (χ3n) is 4.17. The van der Waals surface area contributed by atoms with E-state index in [0.29, 0.717) is 0 Å². The molecule has 0 unspecified atom stereocenters. The van der Waals surface area contributed by atoms with Gasteiger partial charge < -0.3 is 14.4 Å². The molecule has 0 N–H and O–H groups in total. The van der Waals surface area contributed by atoms with Crippen molar-refractivity contribution in [3.8, 4) is 0 Å². The van der Waals surface area contributed by atoms with Crippen LogP contribution in [0.2, 0.25) is 0 Å². The highest BCUT2D eigenvalue weighted by Crippen LogP contribution is 2.29. The molecule has 5 heteroatoms. The first-order valence-corrected chi connectivity index (χ1v) is 8.14. The van der Waals surface area contributed by atoms with Crippen molar-refractivity contribution in [3.63, 3.8) is 0 Å². The predicted molar refractivity (Wildman–Crippen MR) is 98.6 cm³/mol. The molecule has 0 radical (unpaired) electrons. The summed E-state index contributed by atoms with van der Waals surface area (Å²) >= 11 is 0. The van der Waals surface area contributed by atoms with Gasteiger partial charge in [0.2, 0.25) is 5.54 Å². The molecule has 0 saturated heterocycles. The number of methoxy groups -OCH3 is 1. The lowest BCUT2D eigenvalue weighted by Gasteiger charge is -2.37. The lowest BCUT2D eigenvalue weighted by Crippen LogP contribution is -2.59. The zero-order valence-electron chi connectivity index (χ0n) is 15.6. The molecular weight excluding hydrogens is 318 g/mol. The van der Waals surface area contributed by atoms with Crippen molar-refractivity contribution in [1.82, 2.24) is 0 Å². The summed E-state index contributed by atoms with van der Waals surface area (Å²) in [4.78, 5) is 26.9. The van der Waals surface area contributed by atoms with Crippen molar-refractivity contribution in [3.05, 3.63) is 42.5 Å².